The summed E-state index contributed by atoms with van der Waals surface area (Å²) in [7, 11) is 0. The Morgan fingerprint density at radius 2 is 1.47 bits per heavy atom. The van der Waals surface area contributed by atoms with Crippen LogP contribution in [0.3, 0.4) is 0 Å². The molecule has 7 nitrogen and oxygen atoms in total. The highest BCUT2D eigenvalue weighted by molar-refractivity contribution is 6.02. The highest BCUT2D eigenvalue weighted by Crippen LogP contribution is 2.26. The van der Waals surface area contributed by atoms with Crippen molar-refractivity contribution in [2.24, 2.45) is 0 Å². The quantitative estimate of drug-likeness (QED) is 0.131. The Bertz CT molecular complexity index is 1350. The maximum absolute atomic E-state index is 13.2. The van der Waals surface area contributed by atoms with E-state index in [1.807, 2.05) is 43.3 Å². The van der Waals surface area contributed by atoms with Gasteiger partial charge in [-0.1, -0.05) is 60.2 Å². The van der Waals surface area contributed by atoms with Crippen LogP contribution in [0.5, 0.6) is 0 Å². The minimum atomic E-state index is -1.25. The molecule has 0 saturated heterocycles. The lowest BCUT2D eigenvalue weighted by Crippen LogP contribution is -2.20. The summed E-state index contributed by atoms with van der Waals surface area (Å²) in [5.74, 6) is -1.09. The number of nitro benzene ring substituents is 1. The first-order chi connectivity index (χ1) is 17.4. The van der Waals surface area contributed by atoms with Gasteiger partial charge in [0.15, 0.2) is 6.10 Å². The molecule has 0 aliphatic carbocycles. The van der Waals surface area contributed by atoms with Crippen LogP contribution in [0.25, 0.3) is 0 Å². The number of aryl methyl sites for hydroxylation is 1. The molecule has 0 unspecified atom stereocenters. The molecule has 4 aromatic carbocycles. The molecule has 1 atom stereocenters. The number of carbonyl (C=O) groups is 2. The second-order valence-electron chi connectivity index (χ2n) is 8.28. The molecule has 0 amide bonds. The van der Waals surface area contributed by atoms with E-state index in [1.165, 1.54) is 29.8 Å². The number of benzene rings is 4. The van der Waals surface area contributed by atoms with Crippen molar-refractivity contribution >= 4 is 23.1 Å². The number of nitrogens with zero attached hydrogens (tertiary/aromatic N) is 1. The van der Waals surface area contributed by atoms with E-state index in [9.17, 15) is 19.7 Å². The Balaban J connectivity index is 1.50. The Morgan fingerprint density at radius 3 is 2.08 bits per heavy atom. The summed E-state index contributed by atoms with van der Waals surface area (Å²) in [5, 5.41) is 14.3. The third kappa shape index (κ3) is 6.01. The average Bonchev–Trinajstić information content (AvgIpc) is 2.92. The normalized spacial score (nSPS) is 11.4. The van der Waals surface area contributed by atoms with Crippen LogP contribution in [0.2, 0.25) is 0 Å². The van der Waals surface area contributed by atoms with Crippen LogP contribution in [0.1, 0.15) is 43.5 Å². The molecule has 0 radical (unpaired) electrons. The van der Waals surface area contributed by atoms with Gasteiger partial charge in [0.25, 0.3) is 5.69 Å². The van der Waals surface area contributed by atoms with Crippen LogP contribution in [0.4, 0.5) is 11.4 Å². The molecular formula is C29H24N2O5. The number of hydrogen-bond donors (Lipinski definition) is 1. The molecule has 0 aliphatic rings. The van der Waals surface area contributed by atoms with Crippen molar-refractivity contribution in [3.63, 3.8) is 0 Å². The van der Waals surface area contributed by atoms with Crippen molar-refractivity contribution in [2.45, 2.75) is 19.6 Å². The van der Waals surface area contributed by atoms with Crippen LogP contribution in [0, 0.1) is 17.0 Å². The van der Waals surface area contributed by atoms with E-state index < -0.39 is 22.8 Å². The van der Waals surface area contributed by atoms with Crippen molar-refractivity contribution in [3.8, 4) is 0 Å². The Kier molecular flexibility index (Phi) is 7.51. The van der Waals surface area contributed by atoms with Gasteiger partial charge in [-0.3, -0.25) is 14.9 Å². The van der Waals surface area contributed by atoms with Crippen molar-refractivity contribution < 1.29 is 19.2 Å². The third-order valence-corrected chi connectivity index (χ3v) is 5.67. The van der Waals surface area contributed by atoms with Gasteiger partial charge in [-0.15, -0.1) is 0 Å². The predicted octanol–water partition coefficient (Wildman–Crippen LogP) is 6.30. The number of hydrogen-bond acceptors (Lipinski definition) is 6. The lowest BCUT2D eigenvalue weighted by Gasteiger charge is -2.18. The highest BCUT2D eigenvalue weighted by atomic mass is 16.6. The Labute approximate surface area is 208 Å². The molecule has 0 heterocycles. The van der Waals surface area contributed by atoms with Crippen LogP contribution in [-0.2, 0) is 11.3 Å². The van der Waals surface area contributed by atoms with Gasteiger partial charge in [0.05, 0.1) is 10.5 Å². The fourth-order valence-electron chi connectivity index (χ4n) is 3.61. The van der Waals surface area contributed by atoms with E-state index in [0.29, 0.717) is 23.2 Å². The Morgan fingerprint density at radius 1 is 0.833 bits per heavy atom. The largest absolute Gasteiger partial charge is 0.445 e. The zero-order valence-corrected chi connectivity index (χ0v) is 19.6. The maximum Gasteiger partial charge on any atom is 0.339 e. The molecule has 36 heavy (non-hydrogen) atoms. The maximum atomic E-state index is 13.2. The van der Waals surface area contributed by atoms with E-state index in [-0.39, 0.29) is 5.69 Å². The van der Waals surface area contributed by atoms with Gasteiger partial charge >= 0.3 is 5.97 Å². The SMILES string of the molecule is Cc1ccc(NCc2ccc(C(=O)O[C@H](C(=O)c3ccccc3)c3ccc([N+](=O)[O-])cc3)cc2)cc1. The van der Waals surface area contributed by atoms with Gasteiger partial charge in [0.1, 0.15) is 0 Å². The van der Waals surface area contributed by atoms with Gasteiger partial charge in [-0.2, -0.15) is 0 Å². The summed E-state index contributed by atoms with van der Waals surface area (Å²) in [6.45, 7) is 2.61. The standard InChI is InChI=1S/C29H24N2O5/c1-20-7-15-25(16-8-20)30-19-21-9-11-24(12-10-21)29(33)36-28(27(32)22-5-3-2-4-6-22)23-13-17-26(18-14-23)31(34)35/h2-18,28,30H,19H2,1H3/t28-/m0/s1. The van der Waals surface area contributed by atoms with Crippen molar-refractivity contribution in [3.05, 3.63) is 141 Å². The summed E-state index contributed by atoms with van der Waals surface area (Å²) in [5.41, 5.74) is 4.04. The number of carbonyl (C=O) groups excluding carboxylic acids is 2. The summed E-state index contributed by atoms with van der Waals surface area (Å²) in [6, 6.07) is 28.9. The molecule has 7 heteroatoms. The van der Waals surface area contributed by atoms with Crippen LogP contribution >= 0.6 is 0 Å². The molecule has 0 spiro atoms. The van der Waals surface area contributed by atoms with Gasteiger partial charge in [-0.05, 0) is 48.9 Å². The van der Waals surface area contributed by atoms with Gasteiger partial charge in [0, 0.05) is 35.5 Å². The zero-order chi connectivity index (χ0) is 25.5. The monoisotopic (exact) mass is 480 g/mol. The number of non-ortho nitro benzene ring substituents is 1. The number of anilines is 1. The second kappa shape index (κ2) is 11.1. The zero-order valence-electron chi connectivity index (χ0n) is 19.6. The molecule has 4 aromatic rings. The molecule has 0 saturated carbocycles. The molecule has 0 bridgehead atoms. The number of nitrogens with one attached hydrogen (secondary N) is 1. The number of rotatable bonds is 9. The third-order valence-electron chi connectivity index (χ3n) is 5.67. The van der Waals surface area contributed by atoms with E-state index >= 15 is 0 Å². The van der Waals surface area contributed by atoms with Gasteiger partial charge in [0.2, 0.25) is 5.78 Å². The first-order valence-electron chi connectivity index (χ1n) is 11.3. The van der Waals surface area contributed by atoms with E-state index in [2.05, 4.69) is 5.32 Å². The molecule has 1 N–H and O–H groups in total. The van der Waals surface area contributed by atoms with Crippen molar-refractivity contribution in [1.82, 2.24) is 0 Å². The van der Waals surface area contributed by atoms with Crippen LogP contribution < -0.4 is 5.32 Å². The van der Waals surface area contributed by atoms with E-state index in [0.717, 1.165) is 11.3 Å². The van der Waals surface area contributed by atoms with Crippen molar-refractivity contribution in [2.75, 3.05) is 5.32 Å². The van der Waals surface area contributed by atoms with Gasteiger partial charge in [-0.25, -0.2) is 4.79 Å². The molecule has 0 aliphatic heterocycles. The molecule has 4 rings (SSSR count). The number of ether oxygens (including phenoxy) is 1. The molecular weight excluding hydrogens is 456 g/mol. The molecule has 180 valence electrons. The number of esters is 1. The summed E-state index contributed by atoms with van der Waals surface area (Å²) in [6.07, 6.45) is -1.25. The number of Topliss-reactive ketones (excluding diaryl/α,β-unsaturated/α-hetero) is 1. The number of nitro groups is 1. The van der Waals surface area contributed by atoms with Crippen LogP contribution in [0.15, 0.2) is 103 Å². The fourth-order valence-corrected chi connectivity index (χ4v) is 3.61. The smallest absolute Gasteiger partial charge is 0.339 e. The average molecular weight is 481 g/mol. The minimum Gasteiger partial charge on any atom is -0.445 e. The Hall–Kier alpha value is -4.78. The predicted molar refractivity (Wildman–Crippen MR) is 137 cm³/mol. The first kappa shape index (κ1) is 24.3. The summed E-state index contributed by atoms with van der Waals surface area (Å²) >= 11 is 0. The summed E-state index contributed by atoms with van der Waals surface area (Å²) in [4.78, 5) is 36.7. The summed E-state index contributed by atoms with van der Waals surface area (Å²) < 4.78 is 5.65. The van der Waals surface area contributed by atoms with Gasteiger partial charge < -0.3 is 10.1 Å². The fraction of sp³-hybridized carbons (Fsp3) is 0.103. The first-order valence-corrected chi connectivity index (χ1v) is 11.3. The second-order valence-corrected chi connectivity index (χ2v) is 8.28. The molecule has 0 fully saturated rings. The lowest BCUT2D eigenvalue weighted by molar-refractivity contribution is -0.384. The number of ketones is 1. The molecule has 0 aromatic heterocycles. The van der Waals surface area contributed by atoms with E-state index in [4.69, 9.17) is 4.74 Å². The van der Waals surface area contributed by atoms with Crippen molar-refractivity contribution in [1.29, 1.82) is 0 Å². The topological polar surface area (TPSA) is 98.5 Å². The minimum absolute atomic E-state index is 0.120. The van der Waals surface area contributed by atoms with Crippen LogP contribution in [-0.4, -0.2) is 16.7 Å². The van der Waals surface area contributed by atoms with E-state index in [1.54, 1.807) is 42.5 Å². The highest BCUT2D eigenvalue weighted by Gasteiger charge is 2.27. The lowest BCUT2D eigenvalue weighted by atomic mass is 9.99.